The Labute approximate surface area is 307 Å². The van der Waals surface area contributed by atoms with Gasteiger partial charge < -0.3 is 51.4 Å². The van der Waals surface area contributed by atoms with Crippen LogP contribution in [0.4, 0.5) is 0 Å². The van der Waals surface area contributed by atoms with Crippen LogP contribution >= 0.6 is 11.8 Å². The van der Waals surface area contributed by atoms with Gasteiger partial charge in [-0.15, -0.1) is 0 Å². The molecule has 0 aromatic heterocycles. The van der Waals surface area contributed by atoms with E-state index in [1.54, 1.807) is 0 Å². The number of hydrogen-bond donors (Lipinski definition) is 7. The SMILES string of the molecule is CC(C)COC1CC1(NC(=O)[C@@H](N)CSC[C@H](O)CCO)C(=O)NCCOC(C)(C)COC(C)(C)CCC(=O)NCC(=O)N[C@]12CC[C@@H]3C(C1)[C@@H]32. The minimum absolute atomic E-state index is 0.00159. The van der Waals surface area contributed by atoms with Gasteiger partial charge in [0.2, 0.25) is 23.6 Å². The maximum absolute atomic E-state index is 13.4. The van der Waals surface area contributed by atoms with Crippen LogP contribution in [0.5, 0.6) is 0 Å². The zero-order chi connectivity index (χ0) is 37.6. The van der Waals surface area contributed by atoms with E-state index in [4.69, 9.17) is 25.1 Å². The normalized spacial score (nSPS) is 28.7. The molecule has 4 amide bonds. The van der Waals surface area contributed by atoms with Gasteiger partial charge >= 0.3 is 0 Å². The molecule has 0 aromatic carbocycles. The summed E-state index contributed by atoms with van der Waals surface area (Å²) in [5, 5.41) is 30.4. The molecule has 3 unspecified atom stereocenters. The second-order valence-electron chi connectivity index (χ2n) is 16.7. The predicted octanol–water partition coefficient (Wildman–Crippen LogP) is 0.608. The minimum Gasteiger partial charge on any atom is -0.396 e. The summed E-state index contributed by atoms with van der Waals surface area (Å²) >= 11 is 1.31. The minimum atomic E-state index is -1.22. The van der Waals surface area contributed by atoms with Gasteiger partial charge in [-0.1, -0.05) is 13.8 Å². The van der Waals surface area contributed by atoms with Crippen molar-refractivity contribution in [3.8, 4) is 0 Å². The summed E-state index contributed by atoms with van der Waals surface area (Å²) in [4.78, 5) is 51.3. The van der Waals surface area contributed by atoms with Gasteiger partial charge in [0.05, 0.1) is 49.2 Å². The molecular formula is C36H63N5O9S. The third-order valence-corrected chi connectivity index (χ3v) is 11.9. The molecule has 4 fully saturated rings. The second-order valence-corrected chi connectivity index (χ2v) is 17.8. The van der Waals surface area contributed by atoms with Crippen molar-refractivity contribution in [1.29, 1.82) is 0 Å². The van der Waals surface area contributed by atoms with E-state index in [1.165, 1.54) is 18.2 Å². The molecule has 8 atom stereocenters. The van der Waals surface area contributed by atoms with Crippen LogP contribution in [0.25, 0.3) is 0 Å². The number of aliphatic hydroxyl groups excluding tert-OH is 2. The molecule has 8 N–H and O–H groups in total. The number of thioether (sulfide) groups is 1. The van der Waals surface area contributed by atoms with Crippen LogP contribution in [0.3, 0.4) is 0 Å². The van der Waals surface area contributed by atoms with E-state index in [9.17, 15) is 24.3 Å². The summed E-state index contributed by atoms with van der Waals surface area (Å²) in [5.74, 6) is 2.00. The summed E-state index contributed by atoms with van der Waals surface area (Å²) in [5.41, 5.74) is 3.58. The first-order valence-electron chi connectivity index (χ1n) is 18.6. The lowest BCUT2D eigenvalue weighted by molar-refractivity contribution is -0.135. The summed E-state index contributed by atoms with van der Waals surface area (Å²) in [6, 6.07) is -0.890. The zero-order valence-electron chi connectivity index (χ0n) is 31.4. The first kappa shape index (κ1) is 41.7. The number of ether oxygens (including phenoxy) is 3. The van der Waals surface area contributed by atoms with Crippen LogP contribution in [0, 0.1) is 23.7 Å². The van der Waals surface area contributed by atoms with Crippen molar-refractivity contribution in [2.75, 3.05) is 51.0 Å². The third kappa shape index (κ3) is 11.5. The number of hydrogen-bond acceptors (Lipinski definition) is 11. The van der Waals surface area contributed by atoms with E-state index < -0.39 is 40.9 Å². The number of aliphatic hydroxyl groups is 2. The Balaban J connectivity index is 1.12. The molecule has 4 rings (SSSR count). The fourth-order valence-corrected chi connectivity index (χ4v) is 8.46. The molecule has 0 radical (unpaired) electrons. The maximum atomic E-state index is 13.4. The summed E-state index contributed by atoms with van der Waals surface area (Å²) in [6.07, 6.45) is 3.47. The second kappa shape index (κ2) is 17.4. The van der Waals surface area contributed by atoms with Gasteiger partial charge in [0.15, 0.2) is 0 Å². The van der Waals surface area contributed by atoms with Crippen molar-refractivity contribution in [2.45, 2.75) is 127 Å². The number of amides is 4. The zero-order valence-corrected chi connectivity index (χ0v) is 32.2. The number of carbonyl (C=O) groups is 4. The molecule has 15 heteroatoms. The number of nitrogens with one attached hydrogen (secondary N) is 4. The third-order valence-electron chi connectivity index (χ3n) is 10.7. The average molecular weight is 742 g/mol. The Hall–Kier alpha value is -2.01. The fraction of sp³-hybridized carbons (Fsp3) is 0.889. The molecular weight excluding hydrogens is 678 g/mol. The summed E-state index contributed by atoms with van der Waals surface area (Å²) in [7, 11) is 0. The van der Waals surface area contributed by atoms with Crippen molar-refractivity contribution in [3.05, 3.63) is 0 Å². The quantitative estimate of drug-likeness (QED) is 0.0645. The topological polar surface area (TPSA) is 211 Å². The van der Waals surface area contributed by atoms with E-state index in [0.717, 1.165) is 24.7 Å². The van der Waals surface area contributed by atoms with Crippen LogP contribution in [0.1, 0.15) is 86.5 Å². The number of nitrogens with two attached hydrogens (primary N) is 1. The lowest BCUT2D eigenvalue weighted by atomic mass is 9.74. The van der Waals surface area contributed by atoms with Crippen LogP contribution in [-0.4, -0.2) is 125 Å². The number of fused-ring (bicyclic) bond motifs is 1. The molecule has 0 bridgehead atoms. The number of carbonyl (C=O) groups excluding carboxylic acids is 4. The van der Waals surface area contributed by atoms with E-state index in [1.807, 2.05) is 41.5 Å². The largest absolute Gasteiger partial charge is 0.396 e. The van der Waals surface area contributed by atoms with Gasteiger partial charge in [-0.2, -0.15) is 11.8 Å². The summed E-state index contributed by atoms with van der Waals surface area (Å²) in [6.45, 7) is 12.6. The molecule has 0 aromatic rings. The van der Waals surface area contributed by atoms with Crippen LogP contribution < -0.4 is 27.0 Å². The Morgan fingerprint density at radius 2 is 1.73 bits per heavy atom. The molecule has 14 nitrogen and oxygen atoms in total. The van der Waals surface area contributed by atoms with Gasteiger partial charge in [0, 0.05) is 49.6 Å². The highest BCUT2D eigenvalue weighted by molar-refractivity contribution is 7.99. The van der Waals surface area contributed by atoms with E-state index in [2.05, 4.69) is 21.3 Å². The molecule has 292 valence electrons. The molecule has 0 saturated heterocycles. The summed E-state index contributed by atoms with van der Waals surface area (Å²) < 4.78 is 18.1. The first-order chi connectivity index (χ1) is 23.9. The first-order valence-corrected chi connectivity index (χ1v) is 19.8. The molecule has 0 aliphatic heterocycles. The Kier molecular flexibility index (Phi) is 14.3. The van der Waals surface area contributed by atoms with Crippen molar-refractivity contribution in [2.24, 2.45) is 29.4 Å². The van der Waals surface area contributed by atoms with Crippen molar-refractivity contribution < 1.29 is 43.6 Å². The lowest BCUT2D eigenvalue weighted by Crippen LogP contribution is -2.57. The van der Waals surface area contributed by atoms with Gasteiger partial charge in [-0.25, -0.2) is 0 Å². The Morgan fingerprint density at radius 1 is 0.980 bits per heavy atom. The maximum Gasteiger partial charge on any atom is 0.248 e. The van der Waals surface area contributed by atoms with Gasteiger partial charge in [0.1, 0.15) is 5.54 Å². The van der Waals surface area contributed by atoms with Gasteiger partial charge in [0.25, 0.3) is 0 Å². The van der Waals surface area contributed by atoms with Crippen LogP contribution in [-0.2, 0) is 33.4 Å². The molecule has 51 heavy (non-hydrogen) atoms. The lowest BCUT2D eigenvalue weighted by Gasteiger charge is -2.41. The number of rotatable bonds is 25. The highest BCUT2D eigenvalue weighted by Gasteiger charge is 2.75. The average Bonchev–Trinajstić information content (AvgIpc) is 3.90. The van der Waals surface area contributed by atoms with E-state index >= 15 is 0 Å². The Morgan fingerprint density at radius 3 is 2.35 bits per heavy atom. The van der Waals surface area contributed by atoms with E-state index in [-0.39, 0.29) is 80.7 Å². The van der Waals surface area contributed by atoms with Gasteiger partial charge in [-0.3, -0.25) is 19.2 Å². The van der Waals surface area contributed by atoms with Crippen molar-refractivity contribution in [1.82, 2.24) is 21.3 Å². The molecule has 4 aliphatic carbocycles. The molecule has 4 aliphatic rings. The molecule has 0 heterocycles. The molecule has 4 saturated carbocycles. The van der Waals surface area contributed by atoms with Gasteiger partial charge in [-0.05, 0) is 83.5 Å². The predicted molar refractivity (Wildman–Crippen MR) is 194 cm³/mol. The van der Waals surface area contributed by atoms with Crippen molar-refractivity contribution in [3.63, 3.8) is 0 Å². The van der Waals surface area contributed by atoms with Crippen molar-refractivity contribution >= 4 is 35.4 Å². The highest BCUT2D eigenvalue weighted by Crippen LogP contribution is 2.74. The van der Waals surface area contributed by atoms with E-state index in [0.29, 0.717) is 31.1 Å². The Bertz CT molecular complexity index is 1230. The smallest absolute Gasteiger partial charge is 0.248 e. The standard InChI is InChI=1S/C36H63N5O9S/c1-22(2)18-48-27-16-36(27,41-31(46)26(37)20-51-19-23(43)9-13-42)32(47)38-12-14-49-34(5,6)21-50-33(3,4)10-8-28(44)39-17-29(45)40-35-11-7-24-25(15-35)30(24)35/h22-27,30,42-43H,7-21,37H2,1-6H3,(H,38,47)(H,39,44)(H,40,45)(H,41,46)/t23-,24-,25?,26+,27?,30-,35-,36?/m1/s1. The molecule has 0 spiro atoms. The fourth-order valence-electron chi connectivity index (χ4n) is 7.48. The highest BCUT2D eigenvalue weighted by atomic mass is 32.2. The monoisotopic (exact) mass is 741 g/mol. The van der Waals surface area contributed by atoms with Crippen LogP contribution in [0.15, 0.2) is 0 Å². The van der Waals surface area contributed by atoms with Crippen LogP contribution in [0.2, 0.25) is 0 Å².